The van der Waals surface area contributed by atoms with Crippen LogP contribution >= 0.6 is 0 Å². The maximum atomic E-state index is 13.3. The number of amides is 2. The van der Waals surface area contributed by atoms with E-state index in [-0.39, 0.29) is 11.4 Å². The Morgan fingerprint density at radius 3 is 2.48 bits per heavy atom. The van der Waals surface area contributed by atoms with E-state index >= 15 is 0 Å². The summed E-state index contributed by atoms with van der Waals surface area (Å²) in [5.74, 6) is -5.04. The Hall–Kier alpha value is -2.97. The van der Waals surface area contributed by atoms with Gasteiger partial charge in [0.2, 0.25) is 0 Å². The SMILES string of the molecule is Cn1cc2c(c1C(=O)Nc1cc(F)c(F)c(F)c1)CCC2NC(=O)O. The highest BCUT2D eigenvalue weighted by atomic mass is 19.2. The average molecular weight is 353 g/mol. The molecule has 1 unspecified atom stereocenters. The number of anilines is 1. The number of carbonyl (C=O) groups excluding carboxylic acids is 1. The maximum absolute atomic E-state index is 13.3. The zero-order chi connectivity index (χ0) is 18.3. The van der Waals surface area contributed by atoms with Crippen LogP contribution in [-0.4, -0.2) is 21.7 Å². The molecule has 2 aromatic rings. The van der Waals surface area contributed by atoms with Gasteiger partial charge in [-0.1, -0.05) is 0 Å². The maximum Gasteiger partial charge on any atom is 0.405 e. The topological polar surface area (TPSA) is 83.4 Å². The largest absolute Gasteiger partial charge is 0.465 e. The molecule has 1 aliphatic carbocycles. The molecule has 1 aliphatic rings. The second-order valence-electron chi connectivity index (χ2n) is 5.77. The van der Waals surface area contributed by atoms with Crippen LogP contribution in [0.2, 0.25) is 0 Å². The number of nitrogens with zero attached hydrogens (tertiary/aromatic N) is 1. The summed E-state index contributed by atoms with van der Waals surface area (Å²) in [5.41, 5.74) is 1.40. The summed E-state index contributed by atoms with van der Waals surface area (Å²) >= 11 is 0. The van der Waals surface area contributed by atoms with E-state index in [2.05, 4.69) is 10.6 Å². The minimum absolute atomic E-state index is 0.213. The van der Waals surface area contributed by atoms with Gasteiger partial charge in [-0.25, -0.2) is 18.0 Å². The van der Waals surface area contributed by atoms with Crippen molar-refractivity contribution >= 4 is 17.7 Å². The average Bonchev–Trinajstić information content (AvgIpc) is 3.03. The van der Waals surface area contributed by atoms with Crippen LogP contribution in [0.4, 0.5) is 23.7 Å². The normalized spacial score (nSPS) is 15.8. The number of aromatic nitrogens is 1. The molecule has 2 amide bonds. The number of halogens is 3. The van der Waals surface area contributed by atoms with Crippen LogP contribution in [0, 0.1) is 17.5 Å². The molecule has 1 aromatic carbocycles. The summed E-state index contributed by atoms with van der Waals surface area (Å²) in [4.78, 5) is 23.3. The van der Waals surface area contributed by atoms with E-state index in [0.717, 1.165) is 0 Å². The summed E-state index contributed by atoms with van der Waals surface area (Å²) in [5, 5.41) is 13.6. The number of hydrogen-bond donors (Lipinski definition) is 3. The van der Waals surface area contributed by atoms with Crippen molar-refractivity contribution in [3.8, 4) is 0 Å². The molecule has 1 aromatic heterocycles. The molecule has 6 nitrogen and oxygen atoms in total. The molecule has 1 atom stereocenters. The number of fused-ring (bicyclic) bond motifs is 1. The second kappa shape index (κ2) is 6.15. The monoisotopic (exact) mass is 353 g/mol. The highest BCUT2D eigenvalue weighted by Gasteiger charge is 2.31. The molecule has 9 heteroatoms. The van der Waals surface area contributed by atoms with Crippen molar-refractivity contribution in [1.29, 1.82) is 0 Å². The fourth-order valence-corrected chi connectivity index (χ4v) is 3.12. The number of carbonyl (C=O) groups is 2. The van der Waals surface area contributed by atoms with Crippen molar-refractivity contribution in [2.24, 2.45) is 7.05 Å². The van der Waals surface area contributed by atoms with Gasteiger partial charge in [0.1, 0.15) is 5.69 Å². The fraction of sp³-hybridized carbons (Fsp3) is 0.250. The lowest BCUT2D eigenvalue weighted by Crippen LogP contribution is -2.24. The van der Waals surface area contributed by atoms with E-state index in [1.54, 1.807) is 13.2 Å². The van der Waals surface area contributed by atoms with Gasteiger partial charge in [-0.05, 0) is 24.0 Å². The number of hydrogen-bond acceptors (Lipinski definition) is 2. The van der Waals surface area contributed by atoms with Crippen LogP contribution in [0.25, 0.3) is 0 Å². The number of nitrogens with one attached hydrogen (secondary N) is 2. The number of carboxylic acid groups (broad SMARTS) is 1. The van der Waals surface area contributed by atoms with Crippen LogP contribution in [-0.2, 0) is 13.5 Å². The highest BCUT2D eigenvalue weighted by molar-refractivity contribution is 6.04. The quantitative estimate of drug-likeness (QED) is 0.742. The molecule has 0 bridgehead atoms. The lowest BCUT2D eigenvalue weighted by Gasteiger charge is -2.09. The zero-order valence-electron chi connectivity index (χ0n) is 13.1. The molecule has 0 fully saturated rings. The third kappa shape index (κ3) is 3.04. The van der Waals surface area contributed by atoms with Crippen LogP contribution in [0.5, 0.6) is 0 Å². The van der Waals surface area contributed by atoms with Crippen molar-refractivity contribution < 1.29 is 27.9 Å². The summed E-state index contributed by atoms with van der Waals surface area (Å²) in [6, 6.07) is 0.962. The van der Waals surface area contributed by atoms with Crippen LogP contribution in [0.1, 0.15) is 34.1 Å². The van der Waals surface area contributed by atoms with Gasteiger partial charge < -0.3 is 20.3 Å². The van der Waals surface area contributed by atoms with Gasteiger partial charge in [-0.2, -0.15) is 0 Å². The van der Waals surface area contributed by atoms with Gasteiger partial charge in [0.25, 0.3) is 5.91 Å². The minimum atomic E-state index is -1.61. The summed E-state index contributed by atoms with van der Waals surface area (Å²) < 4.78 is 41.0. The summed E-state index contributed by atoms with van der Waals surface area (Å²) in [7, 11) is 1.61. The van der Waals surface area contributed by atoms with E-state index in [1.165, 1.54) is 4.57 Å². The molecular formula is C16H14F3N3O3. The summed E-state index contributed by atoms with van der Waals surface area (Å²) in [6.07, 6.45) is 1.47. The third-order valence-corrected chi connectivity index (χ3v) is 4.13. The third-order valence-electron chi connectivity index (χ3n) is 4.13. The molecule has 3 N–H and O–H groups in total. The van der Waals surface area contributed by atoms with Crippen LogP contribution < -0.4 is 10.6 Å². The zero-order valence-corrected chi connectivity index (χ0v) is 13.1. The van der Waals surface area contributed by atoms with E-state index < -0.39 is 35.5 Å². The summed E-state index contributed by atoms with van der Waals surface area (Å²) in [6.45, 7) is 0. The molecule has 3 rings (SSSR count). The first-order chi connectivity index (χ1) is 11.8. The Balaban J connectivity index is 1.88. The lowest BCUT2D eigenvalue weighted by atomic mass is 10.1. The first kappa shape index (κ1) is 16.9. The van der Waals surface area contributed by atoms with Gasteiger partial charge in [-0.15, -0.1) is 0 Å². The molecule has 0 saturated heterocycles. The van der Waals surface area contributed by atoms with E-state index in [4.69, 9.17) is 5.11 Å². The van der Waals surface area contributed by atoms with Gasteiger partial charge in [0, 0.05) is 31.1 Å². The predicted molar refractivity (Wildman–Crippen MR) is 81.9 cm³/mol. The standard InChI is InChI=1S/C16H14F3N3O3/c1-22-6-9-8(2-3-12(9)21-16(24)25)14(22)15(23)20-7-4-10(17)13(19)11(18)5-7/h4-6,12,21H,2-3H2,1H3,(H,20,23)(H,24,25). The van der Waals surface area contributed by atoms with Gasteiger partial charge >= 0.3 is 6.09 Å². The molecule has 25 heavy (non-hydrogen) atoms. The van der Waals surface area contributed by atoms with Crippen molar-refractivity contribution in [2.45, 2.75) is 18.9 Å². The number of benzene rings is 1. The Morgan fingerprint density at radius 2 is 1.88 bits per heavy atom. The second-order valence-corrected chi connectivity index (χ2v) is 5.77. The van der Waals surface area contributed by atoms with Crippen molar-refractivity contribution in [2.75, 3.05) is 5.32 Å². The Morgan fingerprint density at radius 1 is 1.24 bits per heavy atom. The minimum Gasteiger partial charge on any atom is -0.465 e. The van der Waals surface area contributed by atoms with E-state index in [0.29, 0.717) is 36.1 Å². The van der Waals surface area contributed by atoms with Crippen LogP contribution in [0.3, 0.4) is 0 Å². The Kier molecular flexibility index (Phi) is 4.15. The van der Waals surface area contributed by atoms with Gasteiger partial charge in [-0.3, -0.25) is 4.79 Å². The number of rotatable bonds is 3. The molecule has 0 spiro atoms. The first-order valence-electron chi connectivity index (χ1n) is 7.41. The predicted octanol–water partition coefficient (Wildman–Crippen LogP) is 2.95. The molecule has 1 heterocycles. The molecule has 0 radical (unpaired) electrons. The lowest BCUT2D eigenvalue weighted by molar-refractivity contribution is 0.101. The smallest absolute Gasteiger partial charge is 0.405 e. The molecule has 0 saturated carbocycles. The first-order valence-corrected chi connectivity index (χ1v) is 7.41. The van der Waals surface area contributed by atoms with E-state index in [9.17, 15) is 22.8 Å². The highest BCUT2D eigenvalue weighted by Crippen LogP contribution is 2.35. The fourth-order valence-electron chi connectivity index (χ4n) is 3.12. The molecular weight excluding hydrogens is 339 g/mol. The van der Waals surface area contributed by atoms with Crippen molar-refractivity contribution in [3.05, 3.63) is 52.6 Å². The number of aryl methyl sites for hydroxylation is 1. The molecule has 0 aliphatic heterocycles. The van der Waals surface area contributed by atoms with Gasteiger partial charge in [0.15, 0.2) is 17.5 Å². The van der Waals surface area contributed by atoms with Crippen molar-refractivity contribution in [1.82, 2.24) is 9.88 Å². The Labute approximate surface area is 140 Å². The molecule has 132 valence electrons. The van der Waals surface area contributed by atoms with E-state index in [1.807, 2.05) is 0 Å². The van der Waals surface area contributed by atoms with Crippen LogP contribution in [0.15, 0.2) is 18.3 Å². The van der Waals surface area contributed by atoms with Crippen molar-refractivity contribution in [3.63, 3.8) is 0 Å². The Bertz CT molecular complexity index is 856. The van der Waals surface area contributed by atoms with Gasteiger partial charge in [0.05, 0.1) is 6.04 Å².